The van der Waals surface area contributed by atoms with Gasteiger partial charge in [-0.25, -0.2) is 0 Å². The Balaban J connectivity index is 1.24. The zero-order valence-corrected chi connectivity index (χ0v) is 11.5. The van der Waals surface area contributed by atoms with Crippen LogP contribution in [0.25, 0.3) is 0 Å². The second kappa shape index (κ2) is 3.85. The third-order valence-corrected chi connectivity index (χ3v) is 6.28. The van der Waals surface area contributed by atoms with E-state index in [1.807, 2.05) is 0 Å². The SMILES string of the molecule is c1cc(CNC2C3C4CCC(C4)C23)cc(C2CC2)c1. The lowest BCUT2D eigenvalue weighted by atomic mass is 10.0. The summed E-state index contributed by atoms with van der Waals surface area (Å²) in [5.41, 5.74) is 3.08. The van der Waals surface area contributed by atoms with Gasteiger partial charge in [-0.05, 0) is 72.8 Å². The minimum absolute atomic E-state index is 0.871. The van der Waals surface area contributed by atoms with E-state index in [9.17, 15) is 0 Å². The average Bonchev–Trinajstić information content (AvgIpc) is 3.35. The fraction of sp³-hybridized carbons (Fsp3) is 0.667. The van der Waals surface area contributed by atoms with E-state index in [1.54, 1.807) is 12.0 Å². The normalized spacial score (nSPS) is 42.4. The molecular formula is C18H23N. The first-order chi connectivity index (χ1) is 9.40. The van der Waals surface area contributed by atoms with Gasteiger partial charge in [0, 0.05) is 12.6 Å². The van der Waals surface area contributed by atoms with Crippen molar-refractivity contribution >= 4 is 0 Å². The summed E-state index contributed by atoms with van der Waals surface area (Å²) in [5.74, 6) is 5.18. The molecule has 1 heteroatoms. The summed E-state index contributed by atoms with van der Waals surface area (Å²) in [4.78, 5) is 0. The molecule has 5 rings (SSSR count). The molecule has 100 valence electrons. The molecule has 4 fully saturated rings. The topological polar surface area (TPSA) is 12.0 Å². The van der Waals surface area contributed by atoms with Crippen LogP contribution < -0.4 is 5.32 Å². The second-order valence-corrected chi connectivity index (χ2v) is 7.41. The first kappa shape index (κ1) is 10.9. The lowest BCUT2D eigenvalue weighted by molar-refractivity contribution is 0.456. The molecule has 2 bridgehead atoms. The quantitative estimate of drug-likeness (QED) is 0.862. The van der Waals surface area contributed by atoms with Crippen LogP contribution >= 0.6 is 0 Å². The first-order valence-corrected chi connectivity index (χ1v) is 8.22. The van der Waals surface area contributed by atoms with Crippen LogP contribution in [0.3, 0.4) is 0 Å². The summed E-state index contributed by atoms with van der Waals surface area (Å²) in [6.45, 7) is 1.09. The molecule has 4 aliphatic carbocycles. The Morgan fingerprint density at radius 3 is 2.53 bits per heavy atom. The van der Waals surface area contributed by atoms with Crippen LogP contribution in [0.2, 0.25) is 0 Å². The zero-order valence-electron chi connectivity index (χ0n) is 11.5. The zero-order chi connectivity index (χ0) is 12.4. The van der Waals surface area contributed by atoms with Gasteiger partial charge in [-0.3, -0.25) is 0 Å². The average molecular weight is 253 g/mol. The maximum atomic E-state index is 3.86. The summed E-state index contributed by atoms with van der Waals surface area (Å²) >= 11 is 0. The van der Waals surface area contributed by atoms with Crippen molar-refractivity contribution in [2.45, 2.75) is 50.6 Å². The molecule has 4 saturated carbocycles. The van der Waals surface area contributed by atoms with Gasteiger partial charge in [-0.2, -0.15) is 0 Å². The summed E-state index contributed by atoms with van der Waals surface area (Å²) in [6, 6.07) is 10.2. The minimum atomic E-state index is 0.871. The van der Waals surface area contributed by atoms with E-state index in [1.165, 1.54) is 31.2 Å². The van der Waals surface area contributed by atoms with E-state index in [2.05, 4.69) is 29.6 Å². The van der Waals surface area contributed by atoms with E-state index < -0.39 is 0 Å². The summed E-state index contributed by atoms with van der Waals surface area (Å²) in [7, 11) is 0. The number of hydrogen-bond donors (Lipinski definition) is 1. The molecule has 1 aromatic rings. The van der Waals surface area contributed by atoms with E-state index in [4.69, 9.17) is 0 Å². The van der Waals surface area contributed by atoms with Crippen molar-refractivity contribution in [1.29, 1.82) is 0 Å². The van der Waals surface area contributed by atoms with Crippen LogP contribution in [-0.2, 0) is 6.54 Å². The molecule has 0 aliphatic heterocycles. The van der Waals surface area contributed by atoms with E-state index in [0.29, 0.717) is 0 Å². The number of rotatable bonds is 4. The van der Waals surface area contributed by atoms with Gasteiger partial charge in [-0.15, -0.1) is 0 Å². The predicted molar refractivity (Wildman–Crippen MR) is 76.9 cm³/mol. The highest BCUT2D eigenvalue weighted by atomic mass is 15.0. The standard InChI is InChI=1S/C18H23N/c1-2-11(8-13(3-1)12-4-5-12)10-19-18-16-14-6-7-15(9-14)17(16)18/h1-3,8,12,14-19H,4-7,9-10H2. The highest BCUT2D eigenvalue weighted by Gasteiger charge is 2.64. The van der Waals surface area contributed by atoms with Crippen molar-refractivity contribution in [2.24, 2.45) is 23.7 Å². The molecule has 1 aromatic carbocycles. The Morgan fingerprint density at radius 2 is 1.79 bits per heavy atom. The van der Waals surface area contributed by atoms with Gasteiger partial charge in [0.1, 0.15) is 0 Å². The maximum absolute atomic E-state index is 3.86. The predicted octanol–water partition coefficient (Wildman–Crippen LogP) is 3.70. The van der Waals surface area contributed by atoms with Gasteiger partial charge in [0.15, 0.2) is 0 Å². The Morgan fingerprint density at radius 1 is 1.00 bits per heavy atom. The molecule has 0 saturated heterocycles. The van der Waals surface area contributed by atoms with Crippen molar-refractivity contribution in [2.75, 3.05) is 0 Å². The fourth-order valence-electron chi connectivity index (χ4n) is 5.21. The highest BCUT2D eigenvalue weighted by molar-refractivity contribution is 5.29. The number of benzene rings is 1. The monoisotopic (exact) mass is 253 g/mol. The molecule has 0 heterocycles. The number of fused-ring (bicyclic) bond motifs is 5. The van der Waals surface area contributed by atoms with Crippen molar-refractivity contribution in [3.05, 3.63) is 35.4 Å². The van der Waals surface area contributed by atoms with Crippen molar-refractivity contribution in [1.82, 2.24) is 5.32 Å². The Kier molecular flexibility index (Phi) is 2.21. The Hall–Kier alpha value is -0.820. The molecule has 0 radical (unpaired) electrons. The molecule has 4 unspecified atom stereocenters. The summed E-state index contributed by atoms with van der Waals surface area (Å²) in [5, 5.41) is 3.86. The van der Waals surface area contributed by atoms with E-state index >= 15 is 0 Å². The molecule has 4 atom stereocenters. The van der Waals surface area contributed by atoms with E-state index in [0.717, 1.165) is 42.2 Å². The van der Waals surface area contributed by atoms with Gasteiger partial charge in [0.05, 0.1) is 0 Å². The Labute approximate surface area is 115 Å². The highest BCUT2D eigenvalue weighted by Crippen LogP contribution is 2.65. The molecule has 1 nitrogen and oxygen atoms in total. The molecule has 0 amide bonds. The number of nitrogens with one attached hydrogen (secondary N) is 1. The fourth-order valence-corrected chi connectivity index (χ4v) is 5.21. The molecule has 4 aliphatic rings. The van der Waals surface area contributed by atoms with Gasteiger partial charge in [0.2, 0.25) is 0 Å². The van der Waals surface area contributed by atoms with Crippen LogP contribution in [0.5, 0.6) is 0 Å². The first-order valence-electron chi connectivity index (χ1n) is 8.22. The third-order valence-electron chi connectivity index (χ3n) is 6.28. The lowest BCUT2D eigenvalue weighted by Gasteiger charge is -2.11. The smallest absolute Gasteiger partial charge is 0.0208 e. The van der Waals surface area contributed by atoms with Crippen LogP contribution in [0.15, 0.2) is 24.3 Å². The Bertz CT molecular complexity index is 488. The largest absolute Gasteiger partial charge is 0.309 e. The molecule has 0 aromatic heterocycles. The van der Waals surface area contributed by atoms with E-state index in [-0.39, 0.29) is 0 Å². The van der Waals surface area contributed by atoms with Crippen molar-refractivity contribution < 1.29 is 0 Å². The van der Waals surface area contributed by atoms with Gasteiger partial charge in [0.25, 0.3) is 0 Å². The lowest BCUT2D eigenvalue weighted by Crippen LogP contribution is -2.22. The van der Waals surface area contributed by atoms with Crippen molar-refractivity contribution in [3.63, 3.8) is 0 Å². The van der Waals surface area contributed by atoms with Crippen LogP contribution in [0.4, 0.5) is 0 Å². The number of hydrogen-bond acceptors (Lipinski definition) is 1. The van der Waals surface area contributed by atoms with Crippen LogP contribution in [0, 0.1) is 23.7 Å². The maximum Gasteiger partial charge on any atom is 0.0208 e. The summed E-state index contributed by atoms with van der Waals surface area (Å²) in [6.07, 6.45) is 7.44. The molecule has 0 spiro atoms. The van der Waals surface area contributed by atoms with Crippen LogP contribution in [-0.4, -0.2) is 6.04 Å². The molecule has 1 N–H and O–H groups in total. The minimum Gasteiger partial charge on any atom is -0.309 e. The van der Waals surface area contributed by atoms with Gasteiger partial charge < -0.3 is 5.32 Å². The molecular weight excluding hydrogens is 230 g/mol. The molecule has 19 heavy (non-hydrogen) atoms. The van der Waals surface area contributed by atoms with Crippen LogP contribution in [0.1, 0.15) is 49.1 Å². The van der Waals surface area contributed by atoms with Gasteiger partial charge >= 0.3 is 0 Å². The van der Waals surface area contributed by atoms with Crippen molar-refractivity contribution in [3.8, 4) is 0 Å². The van der Waals surface area contributed by atoms with Gasteiger partial charge in [-0.1, -0.05) is 24.3 Å². The second-order valence-electron chi connectivity index (χ2n) is 7.41. The third kappa shape index (κ3) is 1.71. The summed E-state index contributed by atoms with van der Waals surface area (Å²) < 4.78 is 0.